The van der Waals surface area contributed by atoms with E-state index >= 15 is 0 Å². The summed E-state index contributed by atoms with van der Waals surface area (Å²) in [6, 6.07) is 3.31. The minimum absolute atomic E-state index is 0.0943. The SMILES string of the molecule is CN1CCN(c2ccc(C(F)(F)F)cc2/C(N)=N/O)CC1. The lowest BCUT2D eigenvalue weighted by molar-refractivity contribution is -0.137. The van der Waals surface area contributed by atoms with Crippen molar-refractivity contribution in [2.24, 2.45) is 10.9 Å². The largest absolute Gasteiger partial charge is 0.416 e. The third-order valence-corrected chi connectivity index (χ3v) is 3.55. The predicted molar refractivity (Wildman–Crippen MR) is 73.7 cm³/mol. The molecule has 0 atom stereocenters. The molecule has 3 N–H and O–H groups in total. The number of likely N-dealkylation sites (N-methyl/N-ethyl adjacent to an activating group) is 1. The third-order valence-electron chi connectivity index (χ3n) is 3.55. The molecule has 0 amide bonds. The lowest BCUT2D eigenvalue weighted by Gasteiger charge is -2.35. The summed E-state index contributed by atoms with van der Waals surface area (Å²) in [4.78, 5) is 4.07. The molecule has 1 aliphatic rings. The lowest BCUT2D eigenvalue weighted by Crippen LogP contribution is -2.45. The highest BCUT2D eigenvalue weighted by Gasteiger charge is 2.32. The Morgan fingerprint density at radius 2 is 1.86 bits per heavy atom. The highest BCUT2D eigenvalue weighted by Crippen LogP contribution is 2.33. The van der Waals surface area contributed by atoms with Crippen molar-refractivity contribution in [3.8, 4) is 0 Å². The fourth-order valence-electron chi connectivity index (χ4n) is 2.29. The summed E-state index contributed by atoms with van der Waals surface area (Å²) in [6.07, 6.45) is -4.47. The fourth-order valence-corrected chi connectivity index (χ4v) is 2.29. The van der Waals surface area contributed by atoms with E-state index in [4.69, 9.17) is 10.9 Å². The average molecular weight is 302 g/mol. The third kappa shape index (κ3) is 3.38. The van der Waals surface area contributed by atoms with Gasteiger partial charge in [-0.25, -0.2) is 0 Å². The first-order valence-corrected chi connectivity index (χ1v) is 6.45. The Bertz CT molecular complexity index is 537. The van der Waals surface area contributed by atoms with E-state index < -0.39 is 11.7 Å². The topological polar surface area (TPSA) is 65.1 Å². The van der Waals surface area contributed by atoms with Crippen molar-refractivity contribution in [1.82, 2.24) is 4.90 Å². The van der Waals surface area contributed by atoms with Gasteiger partial charge in [-0.2, -0.15) is 13.2 Å². The molecule has 21 heavy (non-hydrogen) atoms. The van der Waals surface area contributed by atoms with E-state index in [2.05, 4.69) is 10.1 Å². The molecule has 0 radical (unpaired) electrons. The summed E-state index contributed by atoms with van der Waals surface area (Å²) < 4.78 is 38.4. The van der Waals surface area contributed by atoms with Crippen molar-refractivity contribution < 1.29 is 18.4 Å². The van der Waals surface area contributed by atoms with E-state index in [1.54, 1.807) is 0 Å². The molecule has 1 fully saturated rings. The van der Waals surface area contributed by atoms with Crippen LogP contribution in [0.4, 0.5) is 18.9 Å². The van der Waals surface area contributed by atoms with Crippen molar-refractivity contribution >= 4 is 11.5 Å². The van der Waals surface area contributed by atoms with Gasteiger partial charge in [0.25, 0.3) is 0 Å². The second kappa shape index (κ2) is 5.80. The number of hydrogen-bond acceptors (Lipinski definition) is 4. The van der Waals surface area contributed by atoms with Crippen LogP contribution in [-0.4, -0.2) is 49.2 Å². The van der Waals surface area contributed by atoms with Gasteiger partial charge >= 0.3 is 6.18 Å². The van der Waals surface area contributed by atoms with Gasteiger partial charge in [-0.3, -0.25) is 0 Å². The molecule has 0 unspecified atom stereocenters. The summed E-state index contributed by atoms with van der Waals surface area (Å²) >= 11 is 0. The molecule has 0 aliphatic carbocycles. The van der Waals surface area contributed by atoms with Crippen LogP contribution in [0, 0.1) is 0 Å². The lowest BCUT2D eigenvalue weighted by atomic mass is 10.1. The van der Waals surface area contributed by atoms with Crippen molar-refractivity contribution in [1.29, 1.82) is 0 Å². The minimum atomic E-state index is -4.47. The molecule has 0 saturated carbocycles. The van der Waals surface area contributed by atoms with Crippen LogP contribution in [0.5, 0.6) is 0 Å². The van der Waals surface area contributed by atoms with Crippen molar-refractivity contribution in [3.05, 3.63) is 29.3 Å². The number of hydrogen-bond donors (Lipinski definition) is 2. The van der Waals surface area contributed by atoms with Gasteiger partial charge in [0.15, 0.2) is 5.84 Å². The van der Waals surface area contributed by atoms with Gasteiger partial charge < -0.3 is 20.7 Å². The first kappa shape index (κ1) is 15.4. The van der Waals surface area contributed by atoms with E-state index in [-0.39, 0.29) is 11.4 Å². The molecule has 1 saturated heterocycles. The molecule has 1 heterocycles. The van der Waals surface area contributed by atoms with Crippen LogP contribution in [0.2, 0.25) is 0 Å². The summed E-state index contributed by atoms with van der Waals surface area (Å²) in [6.45, 7) is 2.95. The van der Waals surface area contributed by atoms with Gasteiger partial charge in [-0.05, 0) is 25.2 Å². The quantitative estimate of drug-likeness (QED) is 0.376. The van der Waals surface area contributed by atoms with E-state index in [1.165, 1.54) is 6.07 Å². The molecule has 1 aromatic rings. The number of alkyl halides is 3. The number of halogens is 3. The number of rotatable bonds is 2. The molecule has 5 nitrogen and oxygen atoms in total. The second-order valence-electron chi connectivity index (χ2n) is 5.01. The molecule has 8 heteroatoms. The maximum Gasteiger partial charge on any atom is 0.416 e. The first-order valence-electron chi connectivity index (χ1n) is 6.45. The smallest absolute Gasteiger partial charge is 0.409 e. The molecule has 2 rings (SSSR count). The summed E-state index contributed by atoms with van der Waals surface area (Å²) in [7, 11) is 1.98. The Morgan fingerprint density at radius 1 is 1.24 bits per heavy atom. The Hall–Kier alpha value is -1.96. The Labute approximate surface area is 120 Å². The zero-order chi connectivity index (χ0) is 15.6. The van der Waals surface area contributed by atoms with Crippen LogP contribution >= 0.6 is 0 Å². The van der Waals surface area contributed by atoms with Crippen molar-refractivity contribution in [3.63, 3.8) is 0 Å². The standard InChI is InChI=1S/C13H17F3N4O/c1-19-4-6-20(7-5-19)11-3-2-9(13(14,15)16)8-10(11)12(17)18-21/h2-3,8,21H,4-7H2,1H3,(H2,17,18). The maximum absolute atomic E-state index is 12.8. The first-order chi connectivity index (χ1) is 9.82. The fraction of sp³-hybridized carbons (Fsp3) is 0.462. The normalized spacial score (nSPS) is 18.1. The van der Waals surface area contributed by atoms with Crippen LogP contribution in [0.3, 0.4) is 0 Å². The number of nitrogens with zero attached hydrogens (tertiary/aromatic N) is 3. The van der Waals surface area contributed by atoms with E-state index in [1.807, 2.05) is 11.9 Å². The summed E-state index contributed by atoms with van der Waals surface area (Å²) in [5.74, 6) is -0.324. The summed E-state index contributed by atoms with van der Waals surface area (Å²) in [5, 5.41) is 11.6. The highest BCUT2D eigenvalue weighted by atomic mass is 19.4. The number of benzene rings is 1. The van der Waals surface area contributed by atoms with Crippen LogP contribution in [0.15, 0.2) is 23.4 Å². The van der Waals surface area contributed by atoms with Crippen LogP contribution in [0.25, 0.3) is 0 Å². The van der Waals surface area contributed by atoms with Crippen molar-refractivity contribution in [2.75, 3.05) is 38.1 Å². The Balaban J connectivity index is 2.41. The Morgan fingerprint density at radius 3 is 2.38 bits per heavy atom. The van der Waals surface area contributed by atoms with Gasteiger partial charge in [0.1, 0.15) is 0 Å². The maximum atomic E-state index is 12.8. The van der Waals surface area contributed by atoms with Crippen LogP contribution in [0.1, 0.15) is 11.1 Å². The molecule has 0 bridgehead atoms. The number of oxime groups is 1. The van der Waals surface area contributed by atoms with Crippen LogP contribution in [-0.2, 0) is 6.18 Å². The molecule has 0 spiro atoms. The average Bonchev–Trinajstić information content (AvgIpc) is 2.46. The molecule has 0 aromatic heterocycles. The molecular formula is C13H17F3N4O. The van der Waals surface area contributed by atoms with Gasteiger partial charge in [0.2, 0.25) is 0 Å². The van der Waals surface area contributed by atoms with Crippen molar-refractivity contribution in [2.45, 2.75) is 6.18 Å². The zero-order valence-electron chi connectivity index (χ0n) is 11.6. The molecular weight excluding hydrogens is 285 g/mol. The highest BCUT2D eigenvalue weighted by molar-refractivity contribution is 6.02. The van der Waals surface area contributed by atoms with Gasteiger partial charge in [0, 0.05) is 37.4 Å². The monoisotopic (exact) mass is 302 g/mol. The molecule has 116 valence electrons. The number of piperazine rings is 1. The minimum Gasteiger partial charge on any atom is -0.409 e. The second-order valence-corrected chi connectivity index (χ2v) is 5.01. The van der Waals surface area contributed by atoms with Gasteiger partial charge in [-0.1, -0.05) is 5.16 Å². The van der Waals surface area contributed by atoms with E-state index in [0.717, 1.165) is 25.2 Å². The molecule has 1 aromatic carbocycles. The van der Waals surface area contributed by atoms with Gasteiger partial charge in [0.05, 0.1) is 5.56 Å². The van der Waals surface area contributed by atoms with Crippen LogP contribution < -0.4 is 10.6 Å². The zero-order valence-corrected chi connectivity index (χ0v) is 11.6. The number of anilines is 1. The van der Waals surface area contributed by atoms with Gasteiger partial charge in [-0.15, -0.1) is 0 Å². The predicted octanol–water partition coefficient (Wildman–Crippen LogP) is 1.55. The molecule has 1 aliphatic heterocycles. The van der Waals surface area contributed by atoms with E-state index in [9.17, 15) is 13.2 Å². The number of amidine groups is 1. The number of nitrogens with two attached hydrogens (primary N) is 1. The Kier molecular flexibility index (Phi) is 4.26. The summed E-state index contributed by atoms with van der Waals surface area (Å²) in [5.41, 5.74) is 5.36. The van der Waals surface area contributed by atoms with E-state index in [0.29, 0.717) is 18.8 Å².